The zero-order valence-electron chi connectivity index (χ0n) is 16.2. The van der Waals surface area contributed by atoms with E-state index in [9.17, 15) is 9.59 Å². The van der Waals surface area contributed by atoms with Crippen LogP contribution < -0.4 is 10.6 Å². The van der Waals surface area contributed by atoms with Crippen molar-refractivity contribution in [3.05, 3.63) is 65.5 Å². The lowest BCUT2D eigenvalue weighted by Gasteiger charge is -2.20. The number of hydrogen-bond acceptors (Lipinski definition) is 4. The summed E-state index contributed by atoms with van der Waals surface area (Å²) in [6, 6.07) is 19.3. The first-order valence-corrected chi connectivity index (χ1v) is 9.86. The van der Waals surface area contributed by atoms with Gasteiger partial charge in [-0.1, -0.05) is 60.7 Å². The van der Waals surface area contributed by atoms with Crippen molar-refractivity contribution in [1.29, 1.82) is 0 Å². The number of thiazole rings is 1. The molecule has 0 spiro atoms. The summed E-state index contributed by atoms with van der Waals surface area (Å²) in [5, 5.41) is 6.32. The summed E-state index contributed by atoms with van der Waals surface area (Å²) >= 11 is 1.33. The Labute approximate surface area is 168 Å². The maximum atomic E-state index is 12.8. The van der Waals surface area contributed by atoms with Gasteiger partial charge >= 0.3 is 0 Å². The maximum absolute atomic E-state index is 12.8. The molecule has 0 aliphatic carbocycles. The molecule has 0 aliphatic rings. The smallest absolute Gasteiger partial charge is 0.264 e. The third-order valence-corrected chi connectivity index (χ3v) is 4.93. The van der Waals surface area contributed by atoms with Gasteiger partial charge in [-0.2, -0.15) is 0 Å². The largest absolute Gasteiger partial charge is 0.350 e. The van der Waals surface area contributed by atoms with Gasteiger partial charge in [-0.3, -0.25) is 9.59 Å². The summed E-state index contributed by atoms with van der Waals surface area (Å²) in [7, 11) is 0. The minimum absolute atomic E-state index is 0.0805. The van der Waals surface area contributed by atoms with E-state index in [1.54, 1.807) is 0 Å². The van der Waals surface area contributed by atoms with Crippen LogP contribution in [0.15, 0.2) is 60.7 Å². The Balaban J connectivity index is 1.87. The van der Waals surface area contributed by atoms with E-state index in [4.69, 9.17) is 4.98 Å². The van der Waals surface area contributed by atoms with Crippen molar-refractivity contribution in [3.63, 3.8) is 0 Å². The Morgan fingerprint density at radius 1 is 0.929 bits per heavy atom. The fraction of sp³-hybridized carbons (Fsp3) is 0.227. The monoisotopic (exact) mass is 393 g/mol. The molecule has 1 aromatic heterocycles. The predicted octanol–water partition coefficient (Wildman–Crippen LogP) is 4.12. The van der Waals surface area contributed by atoms with Crippen LogP contribution in [-0.2, 0) is 4.79 Å². The first-order valence-electron chi connectivity index (χ1n) is 9.04. The number of benzene rings is 2. The summed E-state index contributed by atoms with van der Waals surface area (Å²) in [6.07, 6.45) is 0. The number of nitrogens with zero attached hydrogens (tertiary/aromatic N) is 1. The molecule has 0 bridgehead atoms. The van der Waals surface area contributed by atoms with E-state index in [-0.39, 0.29) is 23.9 Å². The summed E-state index contributed by atoms with van der Waals surface area (Å²) in [5.74, 6) is -0.530. The molecule has 144 valence electrons. The molecule has 1 heterocycles. The van der Waals surface area contributed by atoms with Gasteiger partial charge in [0.05, 0.1) is 12.2 Å². The van der Waals surface area contributed by atoms with E-state index in [0.29, 0.717) is 10.6 Å². The van der Waals surface area contributed by atoms with Crippen LogP contribution in [0.1, 0.15) is 30.4 Å². The first kappa shape index (κ1) is 19.8. The molecular formula is C22H23N3O2S. The van der Waals surface area contributed by atoms with Gasteiger partial charge in [0.2, 0.25) is 5.91 Å². The Morgan fingerprint density at radius 2 is 1.50 bits per heavy atom. The van der Waals surface area contributed by atoms with Gasteiger partial charge in [0.15, 0.2) is 0 Å². The van der Waals surface area contributed by atoms with Crippen molar-refractivity contribution in [3.8, 4) is 21.8 Å². The van der Waals surface area contributed by atoms with Crippen molar-refractivity contribution < 1.29 is 9.59 Å². The molecule has 6 heteroatoms. The molecule has 0 saturated carbocycles. The van der Waals surface area contributed by atoms with Gasteiger partial charge in [-0.05, 0) is 20.8 Å². The topological polar surface area (TPSA) is 71.1 Å². The SMILES string of the molecule is CC(C)(C)NC(=O)CNC(=O)c1sc(-c2ccccc2)nc1-c1ccccc1. The van der Waals surface area contributed by atoms with E-state index < -0.39 is 0 Å². The van der Waals surface area contributed by atoms with Crippen LogP contribution in [0, 0.1) is 0 Å². The van der Waals surface area contributed by atoms with Crippen molar-refractivity contribution >= 4 is 23.2 Å². The maximum Gasteiger partial charge on any atom is 0.264 e. The predicted molar refractivity (Wildman–Crippen MR) is 113 cm³/mol. The summed E-state index contributed by atoms with van der Waals surface area (Å²) in [5.41, 5.74) is 2.10. The lowest BCUT2D eigenvalue weighted by molar-refractivity contribution is -0.121. The Bertz CT molecular complexity index is 960. The lowest BCUT2D eigenvalue weighted by atomic mass is 10.1. The number of rotatable bonds is 5. The van der Waals surface area contributed by atoms with Crippen molar-refractivity contribution in [2.45, 2.75) is 26.3 Å². The van der Waals surface area contributed by atoms with E-state index in [1.165, 1.54) is 11.3 Å². The quantitative estimate of drug-likeness (QED) is 0.685. The molecule has 3 aromatic rings. The van der Waals surface area contributed by atoms with Crippen molar-refractivity contribution in [2.24, 2.45) is 0 Å². The van der Waals surface area contributed by atoms with E-state index in [1.807, 2.05) is 81.4 Å². The molecule has 2 amide bonds. The number of hydrogen-bond donors (Lipinski definition) is 2. The molecule has 2 N–H and O–H groups in total. The Kier molecular flexibility index (Phi) is 5.90. The van der Waals surface area contributed by atoms with Crippen molar-refractivity contribution in [2.75, 3.05) is 6.54 Å². The highest BCUT2D eigenvalue weighted by molar-refractivity contribution is 7.17. The lowest BCUT2D eigenvalue weighted by Crippen LogP contribution is -2.45. The van der Waals surface area contributed by atoms with Crippen LogP contribution in [0.4, 0.5) is 0 Å². The highest BCUT2D eigenvalue weighted by Gasteiger charge is 2.21. The fourth-order valence-electron chi connectivity index (χ4n) is 2.67. The van der Waals surface area contributed by atoms with Crippen LogP contribution in [-0.4, -0.2) is 28.9 Å². The van der Waals surface area contributed by atoms with Crippen LogP contribution in [0.5, 0.6) is 0 Å². The minimum Gasteiger partial charge on any atom is -0.350 e. The second kappa shape index (κ2) is 8.35. The fourth-order valence-corrected chi connectivity index (χ4v) is 3.68. The highest BCUT2D eigenvalue weighted by atomic mass is 32.1. The molecule has 0 fully saturated rings. The standard InChI is InChI=1S/C22H23N3O2S/c1-22(2,3)25-17(26)14-23-20(27)19-18(15-10-6-4-7-11-15)24-21(28-19)16-12-8-5-9-13-16/h4-13H,14H2,1-3H3,(H,23,27)(H,25,26). The molecule has 2 aromatic carbocycles. The molecule has 5 nitrogen and oxygen atoms in total. The average Bonchev–Trinajstić information content (AvgIpc) is 3.12. The van der Waals surface area contributed by atoms with Gasteiger partial charge in [0.25, 0.3) is 5.91 Å². The van der Waals surface area contributed by atoms with Crippen LogP contribution >= 0.6 is 11.3 Å². The minimum atomic E-state index is -0.345. The van der Waals surface area contributed by atoms with Gasteiger partial charge in [-0.15, -0.1) is 11.3 Å². The van der Waals surface area contributed by atoms with E-state index in [0.717, 1.165) is 16.1 Å². The summed E-state index contributed by atoms with van der Waals surface area (Å²) in [6.45, 7) is 5.61. The summed E-state index contributed by atoms with van der Waals surface area (Å²) in [4.78, 5) is 30.1. The van der Waals surface area contributed by atoms with Gasteiger partial charge < -0.3 is 10.6 Å². The molecule has 0 radical (unpaired) electrons. The zero-order valence-corrected chi connectivity index (χ0v) is 17.0. The molecule has 0 unspecified atom stereocenters. The van der Waals surface area contributed by atoms with E-state index in [2.05, 4.69) is 10.6 Å². The number of amides is 2. The van der Waals surface area contributed by atoms with E-state index >= 15 is 0 Å². The second-order valence-corrected chi connectivity index (χ2v) is 8.41. The second-order valence-electron chi connectivity index (χ2n) is 7.41. The number of carbonyl (C=O) groups excluding carboxylic acids is 2. The number of aromatic nitrogens is 1. The zero-order chi connectivity index (χ0) is 20.1. The van der Waals surface area contributed by atoms with Crippen molar-refractivity contribution in [1.82, 2.24) is 15.6 Å². The number of carbonyl (C=O) groups is 2. The van der Waals surface area contributed by atoms with Gasteiger partial charge in [0.1, 0.15) is 9.88 Å². The summed E-state index contributed by atoms with van der Waals surface area (Å²) < 4.78 is 0. The van der Waals surface area contributed by atoms with Gasteiger partial charge in [0, 0.05) is 16.7 Å². The van der Waals surface area contributed by atoms with Crippen LogP contribution in [0.3, 0.4) is 0 Å². The highest BCUT2D eigenvalue weighted by Crippen LogP contribution is 2.33. The number of nitrogens with one attached hydrogen (secondary N) is 2. The molecule has 0 aliphatic heterocycles. The molecule has 28 heavy (non-hydrogen) atoms. The molecule has 0 atom stereocenters. The van der Waals surface area contributed by atoms with Crippen LogP contribution in [0.25, 0.3) is 21.8 Å². The molecular weight excluding hydrogens is 370 g/mol. The molecule has 3 rings (SSSR count). The Morgan fingerprint density at radius 3 is 2.07 bits per heavy atom. The first-order chi connectivity index (χ1) is 13.3. The Hall–Kier alpha value is -2.99. The normalized spacial score (nSPS) is 11.1. The third kappa shape index (κ3) is 5.04. The average molecular weight is 394 g/mol. The van der Waals surface area contributed by atoms with Gasteiger partial charge in [-0.25, -0.2) is 4.98 Å². The van der Waals surface area contributed by atoms with Crippen LogP contribution in [0.2, 0.25) is 0 Å². The molecule has 0 saturated heterocycles. The third-order valence-electron chi connectivity index (χ3n) is 3.83.